The topological polar surface area (TPSA) is 108 Å². The number of rotatable bonds is 10. The molecule has 3 aromatic carbocycles. The number of nitriles is 1. The van der Waals surface area contributed by atoms with E-state index in [1.54, 1.807) is 18.2 Å². The van der Waals surface area contributed by atoms with Crippen LogP contribution in [0.2, 0.25) is 0 Å². The molecule has 0 saturated carbocycles. The van der Waals surface area contributed by atoms with Gasteiger partial charge in [-0.05, 0) is 56.2 Å². The summed E-state index contributed by atoms with van der Waals surface area (Å²) in [6.07, 6.45) is 5.89. The largest absolute Gasteiger partial charge is 0.494 e. The highest BCUT2D eigenvalue weighted by atomic mass is 16.5. The van der Waals surface area contributed by atoms with E-state index in [1.807, 2.05) is 56.3 Å². The Hall–Kier alpha value is -4.70. The molecule has 0 radical (unpaired) electrons. The normalized spacial score (nSPS) is 14.3. The highest BCUT2D eigenvalue weighted by molar-refractivity contribution is 5.97. The van der Waals surface area contributed by atoms with Gasteiger partial charge in [0.2, 0.25) is 11.6 Å². The van der Waals surface area contributed by atoms with E-state index in [4.69, 9.17) is 24.4 Å². The molecular formula is C34H34N2O5. The molecular weight excluding hydrogens is 516 g/mol. The number of hydrogen-bond donors (Lipinski definition) is 1. The predicted octanol–water partition coefficient (Wildman–Crippen LogP) is 7.84. The summed E-state index contributed by atoms with van der Waals surface area (Å²) in [7, 11) is 0. The lowest BCUT2D eigenvalue weighted by atomic mass is 9.83. The third-order valence-electron chi connectivity index (χ3n) is 7.41. The van der Waals surface area contributed by atoms with Gasteiger partial charge in [0.1, 0.15) is 34.5 Å². The summed E-state index contributed by atoms with van der Waals surface area (Å²) in [5, 5.41) is 10.8. The number of unbranched alkanes of at least 4 members (excludes halogenated alkanes) is 4. The third kappa shape index (κ3) is 5.92. The van der Waals surface area contributed by atoms with Gasteiger partial charge in [-0.3, -0.25) is 0 Å². The number of fused-ring (bicyclic) bond motifs is 2. The van der Waals surface area contributed by atoms with E-state index in [0.29, 0.717) is 23.5 Å². The molecule has 0 aliphatic carbocycles. The minimum Gasteiger partial charge on any atom is -0.494 e. The van der Waals surface area contributed by atoms with Crippen LogP contribution in [-0.2, 0) is 0 Å². The fraction of sp³-hybridized carbons (Fsp3) is 0.294. The summed E-state index contributed by atoms with van der Waals surface area (Å²) >= 11 is 0. The summed E-state index contributed by atoms with van der Waals surface area (Å²) in [5.74, 6) is 0.607. The van der Waals surface area contributed by atoms with Gasteiger partial charge < -0.3 is 24.4 Å². The first-order valence-electron chi connectivity index (χ1n) is 14.1. The molecule has 2 heterocycles. The van der Waals surface area contributed by atoms with Crippen molar-refractivity contribution >= 4 is 16.9 Å². The van der Waals surface area contributed by atoms with Gasteiger partial charge in [-0.15, -0.1) is 0 Å². The Labute approximate surface area is 240 Å². The molecule has 0 saturated heterocycles. The maximum atomic E-state index is 13.0. The summed E-state index contributed by atoms with van der Waals surface area (Å²) in [4.78, 5) is 13.0. The van der Waals surface area contributed by atoms with Gasteiger partial charge in [-0.1, -0.05) is 62.4 Å². The zero-order valence-corrected chi connectivity index (χ0v) is 23.7. The molecule has 41 heavy (non-hydrogen) atoms. The number of esters is 1. The van der Waals surface area contributed by atoms with E-state index >= 15 is 0 Å². The molecule has 5 rings (SSSR count). The molecule has 0 fully saturated rings. The van der Waals surface area contributed by atoms with Gasteiger partial charge in [-0.25, -0.2) is 4.79 Å². The van der Waals surface area contributed by atoms with E-state index < -0.39 is 11.9 Å². The van der Waals surface area contributed by atoms with Crippen molar-refractivity contribution in [3.05, 3.63) is 100 Å². The molecule has 7 nitrogen and oxygen atoms in total. The van der Waals surface area contributed by atoms with E-state index in [-0.39, 0.29) is 17.4 Å². The quantitative estimate of drug-likeness (QED) is 0.122. The van der Waals surface area contributed by atoms with Crippen molar-refractivity contribution < 1.29 is 23.4 Å². The van der Waals surface area contributed by atoms with Crippen LogP contribution >= 0.6 is 0 Å². The number of nitrogens with two attached hydrogens (primary N) is 1. The highest BCUT2D eigenvalue weighted by Gasteiger charge is 2.31. The molecule has 0 bridgehead atoms. The minimum atomic E-state index is -0.606. The molecule has 1 aliphatic heterocycles. The molecule has 1 atom stereocenters. The number of furan rings is 1. The van der Waals surface area contributed by atoms with Crippen molar-refractivity contribution in [1.29, 1.82) is 5.26 Å². The fourth-order valence-corrected chi connectivity index (χ4v) is 5.18. The minimum absolute atomic E-state index is 0.0179. The predicted molar refractivity (Wildman–Crippen MR) is 157 cm³/mol. The second-order valence-electron chi connectivity index (χ2n) is 10.4. The highest BCUT2D eigenvalue weighted by Crippen LogP contribution is 2.44. The first kappa shape index (κ1) is 27.9. The Morgan fingerprint density at radius 2 is 1.73 bits per heavy atom. The molecule has 2 N–H and O–H groups in total. The smallest absolute Gasteiger partial charge is 0.379 e. The Morgan fingerprint density at radius 3 is 2.49 bits per heavy atom. The van der Waals surface area contributed by atoms with E-state index in [9.17, 15) is 10.1 Å². The van der Waals surface area contributed by atoms with Crippen LogP contribution in [0, 0.1) is 25.2 Å². The summed E-state index contributed by atoms with van der Waals surface area (Å²) in [5.41, 5.74) is 10.5. The van der Waals surface area contributed by atoms with Crippen molar-refractivity contribution in [2.45, 2.75) is 58.8 Å². The average molecular weight is 551 g/mol. The molecule has 0 amide bonds. The zero-order chi connectivity index (χ0) is 28.9. The second kappa shape index (κ2) is 12.2. The van der Waals surface area contributed by atoms with Crippen LogP contribution in [-0.4, -0.2) is 12.6 Å². The van der Waals surface area contributed by atoms with Crippen LogP contribution in [0.3, 0.4) is 0 Å². The zero-order valence-electron chi connectivity index (χ0n) is 23.7. The Morgan fingerprint density at radius 1 is 0.976 bits per heavy atom. The molecule has 0 spiro atoms. The van der Waals surface area contributed by atoms with Crippen LogP contribution in [0.5, 0.6) is 17.2 Å². The monoisotopic (exact) mass is 550 g/mol. The molecule has 210 valence electrons. The first-order chi connectivity index (χ1) is 19.9. The lowest BCUT2D eigenvalue weighted by Crippen LogP contribution is -2.21. The fourth-order valence-electron chi connectivity index (χ4n) is 5.18. The lowest BCUT2D eigenvalue weighted by molar-refractivity contribution is 0.0702. The van der Waals surface area contributed by atoms with Gasteiger partial charge >= 0.3 is 5.97 Å². The number of allylic oxidation sites excluding steroid dienone is 1. The number of nitrogens with zero attached hydrogens (tertiary/aromatic N) is 1. The summed E-state index contributed by atoms with van der Waals surface area (Å²) < 4.78 is 23.2. The van der Waals surface area contributed by atoms with Gasteiger partial charge in [0.05, 0.1) is 12.5 Å². The van der Waals surface area contributed by atoms with Gasteiger partial charge in [0, 0.05) is 22.6 Å². The number of carbonyl (C=O) groups excluding carboxylic acids is 1. The molecule has 1 aromatic heterocycles. The number of ether oxygens (including phenoxy) is 3. The standard InChI is InChI=1S/C34H34N2O5/c1-4-5-6-7-8-17-38-24-12-10-23(11-13-24)31-26-15-14-25(19-30(26)41-33(36)28(31)20-35)39-34(37)32-22(3)27-18-21(2)9-16-29(27)40-32/h9-16,18-19,31H,4-8,17,36H2,1-3H3. The second-order valence-corrected chi connectivity index (χ2v) is 10.4. The van der Waals surface area contributed by atoms with Crippen LogP contribution in [0.25, 0.3) is 11.0 Å². The Balaban J connectivity index is 1.34. The van der Waals surface area contributed by atoms with Gasteiger partial charge in [-0.2, -0.15) is 5.26 Å². The van der Waals surface area contributed by atoms with Crippen molar-refractivity contribution in [1.82, 2.24) is 0 Å². The molecule has 7 heteroatoms. The number of carbonyl (C=O) groups is 1. The summed E-state index contributed by atoms with van der Waals surface area (Å²) in [6.45, 7) is 6.70. The Kier molecular flexibility index (Phi) is 8.30. The van der Waals surface area contributed by atoms with Crippen LogP contribution in [0.1, 0.15) is 77.8 Å². The van der Waals surface area contributed by atoms with E-state index in [1.165, 1.54) is 19.3 Å². The maximum absolute atomic E-state index is 13.0. The average Bonchev–Trinajstić information content (AvgIpc) is 3.30. The van der Waals surface area contributed by atoms with E-state index in [0.717, 1.165) is 46.2 Å². The molecule has 4 aromatic rings. The first-order valence-corrected chi connectivity index (χ1v) is 14.1. The summed E-state index contributed by atoms with van der Waals surface area (Å²) in [6, 6.07) is 20.8. The third-order valence-corrected chi connectivity index (χ3v) is 7.41. The van der Waals surface area contributed by atoms with Crippen molar-refractivity contribution in [2.24, 2.45) is 5.73 Å². The van der Waals surface area contributed by atoms with Crippen molar-refractivity contribution in [3.8, 4) is 23.3 Å². The SMILES string of the molecule is CCCCCCCOc1ccc(C2C(C#N)=C(N)Oc3cc(OC(=O)c4oc5ccc(C)cc5c4C)ccc32)cc1. The molecule has 1 aliphatic rings. The van der Waals surface area contributed by atoms with Gasteiger partial charge in [0.25, 0.3) is 0 Å². The van der Waals surface area contributed by atoms with Crippen LogP contribution in [0.15, 0.2) is 76.5 Å². The van der Waals surface area contributed by atoms with Crippen molar-refractivity contribution in [3.63, 3.8) is 0 Å². The molecule has 1 unspecified atom stereocenters. The lowest BCUT2D eigenvalue weighted by Gasteiger charge is -2.26. The Bertz CT molecular complexity index is 1640. The van der Waals surface area contributed by atoms with Crippen molar-refractivity contribution in [2.75, 3.05) is 6.61 Å². The number of aryl methyl sites for hydroxylation is 2. The van der Waals surface area contributed by atoms with Crippen LogP contribution < -0.4 is 19.9 Å². The van der Waals surface area contributed by atoms with Crippen LogP contribution in [0.4, 0.5) is 0 Å². The van der Waals surface area contributed by atoms with E-state index in [2.05, 4.69) is 13.0 Å². The number of benzene rings is 3. The van der Waals surface area contributed by atoms with Gasteiger partial charge in [0.15, 0.2) is 0 Å². The maximum Gasteiger partial charge on any atom is 0.379 e. The number of hydrogen-bond acceptors (Lipinski definition) is 7.